The molecule has 7 heteroatoms. The summed E-state index contributed by atoms with van der Waals surface area (Å²) >= 11 is 3.44. The molecule has 0 N–H and O–H groups in total. The van der Waals surface area contributed by atoms with Gasteiger partial charge in [0.25, 0.3) is 0 Å². The number of rotatable bonds is 5. The van der Waals surface area contributed by atoms with Crippen LogP contribution in [0.2, 0.25) is 0 Å². The molecule has 0 radical (unpaired) electrons. The third-order valence-electron chi connectivity index (χ3n) is 3.59. The molecule has 6 nitrogen and oxygen atoms in total. The van der Waals surface area contributed by atoms with Crippen LogP contribution in [-0.2, 0) is 0 Å². The molecule has 0 aliphatic rings. The highest BCUT2D eigenvalue weighted by atomic mass is 79.9. The fourth-order valence-electron chi connectivity index (χ4n) is 2.43. The topological polar surface area (TPSA) is 58.4 Å². The number of hydrogen-bond donors (Lipinski definition) is 0. The van der Waals surface area contributed by atoms with Crippen molar-refractivity contribution in [1.29, 1.82) is 0 Å². The van der Waals surface area contributed by atoms with Crippen LogP contribution in [0.1, 0.15) is 0 Å². The van der Waals surface area contributed by atoms with Crippen LogP contribution in [0.3, 0.4) is 0 Å². The highest BCUT2D eigenvalue weighted by Gasteiger charge is 2.18. The number of aromatic nitrogens is 3. The smallest absolute Gasteiger partial charge is 0.186 e. The average molecular weight is 390 g/mol. The zero-order valence-corrected chi connectivity index (χ0v) is 15.1. The van der Waals surface area contributed by atoms with Gasteiger partial charge in [0.15, 0.2) is 11.5 Å². The largest absolute Gasteiger partial charge is 0.497 e. The summed E-state index contributed by atoms with van der Waals surface area (Å²) in [5.41, 5.74) is 2.49. The molecule has 3 aromatic rings. The van der Waals surface area contributed by atoms with E-state index in [4.69, 9.17) is 14.2 Å². The van der Waals surface area contributed by atoms with Gasteiger partial charge in [0.1, 0.15) is 11.4 Å². The fourth-order valence-corrected chi connectivity index (χ4v) is 2.69. The van der Waals surface area contributed by atoms with Crippen LogP contribution in [0, 0.1) is 0 Å². The zero-order valence-electron chi connectivity index (χ0n) is 13.5. The van der Waals surface area contributed by atoms with Gasteiger partial charge < -0.3 is 14.2 Å². The number of methoxy groups -OCH3 is 3. The molecule has 0 aliphatic heterocycles. The van der Waals surface area contributed by atoms with Crippen molar-refractivity contribution in [2.24, 2.45) is 0 Å². The van der Waals surface area contributed by atoms with Crippen molar-refractivity contribution in [3.05, 3.63) is 47.1 Å². The van der Waals surface area contributed by atoms with Gasteiger partial charge in [-0.15, -0.1) is 5.10 Å². The van der Waals surface area contributed by atoms with E-state index in [-0.39, 0.29) is 0 Å². The van der Waals surface area contributed by atoms with Gasteiger partial charge in [-0.3, -0.25) is 0 Å². The number of nitrogens with zero attached hydrogens (tertiary/aromatic N) is 3. The van der Waals surface area contributed by atoms with Gasteiger partial charge in [0.2, 0.25) is 0 Å². The summed E-state index contributed by atoms with van der Waals surface area (Å²) in [4.78, 5) is 0. The molecule has 124 valence electrons. The maximum Gasteiger partial charge on any atom is 0.186 e. The lowest BCUT2D eigenvalue weighted by Crippen LogP contribution is -2.04. The van der Waals surface area contributed by atoms with Crippen molar-refractivity contribution >= 4 is 15.9 Å². The highest BCUT2D eigenvalue weighted by molar-refractivity contribution is 9.10. The van der Waals surface area contributed by atoms with Crippen LogP contribution in [0.15, 0.2) is 47.1 Å². The maximum absolute atomic E-state index is 5.52. The van der Waals surface area contributed by atoms with E-state index in [0.717, 1.165) is 15.7 Å². The first kappa shape index (κ1) is 16.3. The molecule has 0 unspecified atom stereocenters. The van der Waals surface area contributed by atoms with E-state index in [1.807, 2.05) is 30.3 Å². The minimum atomic E-state index is 0.558. The fraction of sp³-hybridized carbons (Fsp3) is 0.176. The Bertz CT molecular complexity index is 847. The summed E-state index contributed by atoms with van der Waals surface area (Å²) in [6, 6.07) is 11.5. The average Bonchev–Trinajstić information content (AvgIpc) is 3.10. The van der Waals surface area contributed by atoms with Gasteiger partial charge in [-0.1, -0.05) is 33.3 Å². The van der Waals surface area contributed by atoms with Crippen LogP contribution in [0.5, 0.6) is 17.2 Å². The summed E-state index contributed by atoms with van der Waals surface area (Å²) in [5.74, 6) is 1.76. The van der Waals surface area contributed by atoms with Gasteiger partial charge in [-0.2, -0.15) is 0 Å². The van der Waals surface area contributed by atoms with E-state index >= 15 is 0 Å². The molecular formula is C17H16BrN3O3. The van der Waals surface area contributed by atoms with Gasteiger partial charge >= 0.3 is 0 Å². The lowest BCUT2D eigenvalue weighted by Gasteiger charge is -2.15. The van der Waals surface area contributed by atoms with Crippen molar-refractivity contribution in [2.75, 3.05) is 21.3 Å². The monoisotopic (exact) mass is 389 g/mol. The summed E-state index contributed by atoms with van der Waals surface area (Å²) in [5, 5.41) is 8.26. The SMILES string of the molecule is COc1cc(OC)c(OC)c(-n2nncc2-c2ccc(Br)cc2)c1. The normalized spacial score (nSPS) is 10.5. The van der Waals surface area contributed by atoms with Crippen molar-refractivity contribution in [2.45, 2.75) is 0 Å². The van der Waals surface area contributed by atoms with E-state index in [9.17, 15) is 0 Å². The number of benzene rings is 2. The lowest BCUT2D eigenvalue weighted by molar-refractivity contribution is 0.347. The summed E-state index contributed by atoms with van der Waals surface area (Å²) in [6.07, 6.45) is 1.70. The van der Waals surface area contributed by atoms with Crippen LogP contribution in [0.25, 0.3) is 16.9 Å². The summed E-state index contributed by atoms with van der Waals surface area (Å²) in [6.45, 7) is 0. The molecule has 3 rings (SSSR count). The predicted octanol–water partition coefficient (Wildman–Crippen LogP) is 3.72. The molecule has 24 heavy (non-hydrogen) atoms. The molecule has 0 saturated heterocycles. The van der Waals surface area contributed by atoms with E-state index in [1.165, 1.54) is 0 Å². The molecule has 1 aromatic heterocycles. The molecular weight excluding hydrogens is 374 g/mol. The molecule has 0 atom stereocenters. The first-order valence-electron chi connectivity index (χ1n) is 7.15. The number of hydrogen-bond acceptors (Lipinski definition) is 5. The Morgan fingerprint density at radius 3 is 2.33 bits per heavy atom. The second-order valence-corrected chi connectivity index (χ2v) is 5.84. The Hall–Kier alpha value is -2.54. The molecule has 0 amide bonds. The standard InChI is InChI=1S/C17H16BrN3O3/c1-22-13-8-14(17(24-3)16(9-13)23-2)21-15(10-19-20-21)11-4-6-12(18)7-5-11/h4-10H,1-3H3. The first-order chi connectivity index (χ1) is 11.7. The van der Waals surface area contributed by atoms with E-state index < -0.39 is 0 Å². The Kier molecular flexibility index (Phi) is 4.71. The lowest BCUT2D eigenvalue weighted by atomic mass is 10.1. The number of halogens is 1. The molecule has 0 saturated carbocycles. The first-order valence-corrected chi connectivity index (χ1v) is 7.94. The molecule has 0 spiro atoms. The second-order valence-electron chi connectivity index (χ2n) is 4.92. The Balaban J connectivity index is 2.20. The third kappa shape index (κ3) is 2.94. The van der Waals surface area contributed by atoms with Crippen LogP contribution >= 0.6 is 15.9 Å². The molecule has 0 aliphatic carbocycles. The number of ether oxygens (including phenoxy) is 3. The third-order valence-corrected chi connectivity index (χ3v) is 4.11. The van der Waals surface area contributed by atoms with Gasteiger partial charge in [-0.25, -0.2) is 4.68 Å². The van der Waals surface area contributed by atoms with Crippen molar-refractivity contribution < 1.29 is 14.2 Å². The van der Waals surface area contributed by atoms with E-state index in [0.29, 0.717) is 22.9 Å². The molecule has 2 aromatic carbocycles. The Morgan fingerprint density at radius 1 is 0.958 bits per heavy atom. The van der Waals surface area contributed by atoms with Crippen molar-refractivity contribution in [3.63, 3.8) is 0 Å². The molecule has 1 heterocycles. The second kappa shape index (κ2) is 6.92. The zero-order chi connectivity index (χ0) is 17.1. The summed E-state index contributed by atoms with van der Waals surface area (Å²) in [7, 11) is 4.77. The predicted molar refractivity (Wildman–Crippen MR) is 94.2 cm³/mol. The van der Waals surface area contributed by atoms with E-state index in [1.54, 1.807) is 38.3 Å². The van der Waals surface area contributed by atoms with Crippen LogP contribution in [-0.4, -0.2) is 36.3 Å². The maximum atomic E-state index is 5.52. The van der Waals surface area contributed by atoms with Gasteiger partial charge in [-0.05, 0) is 12.1 Å². The van der Waals surface area contributed by atoms with Crippen molar-refractivity contribution in [1.82, 2.24) is 15.0 Å². The van der Waals surface area contributed by atoms with Crippen LogP contribution < -0.4 is 14.2 Å². The minimum absolute atomic E-state index is 0.558. The van der Waals surface area contributed by atoms with Crippen molar-refractivity contribution in [3.8, 4) is 34.2 Å². The quantitative estimate of drug-likeness (QED) is 0.665. The Morgan fingerprint density at radius 2 is 1.71 bits per heavy atom. The van der Waals surface area contributed by atoms with E-state index in [2.05, 4.69) is 26.2 Å². The summed E-state index contributed by atoms with van der Waals surface area (Å²) < 4.78 is 19.0. The van der Waals surface area contributed by atoms with Gasteiger partial charge in [0.05, 0.1) is 33.2 Å². The molecule has 0 fully saturated rings. The van der Waals surface area contributed by atoms with Gasteiger partial charge in [0, 0.05) is 22.2 Å². The Labute approximate surface area is 148 Å². The molecule has 0 bridgehead atoms. The van der Waals surface area contributed by atoms with Crippen LogP contribution in [0.4, 0.5) is 0 Å². The highest BCUT2D eigenvalue weighted by Crippen LogP contribution is 2.39. The minimum Gasteiger partial charge on any atom is -0.497 e.